The van der Waals surface area contributed by atoms with Crippen LogP contribution in [-0.4, -0.2) is 13.2 Å². The topological polar surface area (TPSA) is 12.5 Å². The quantitative estimate of drug-likeness (QED) is 0.706. The zero-order valence-electron chi connectivity index (χ0n) is 12.8. The number of anilines is 1. The van der Waals surface area contributed by atoms with Gasteiger partial charge in [-0.3, -0.25) is 0 Å². The van der Waals surface area contributed by atoms with E-state index in [-0.39, 0.29) is 0 Å². The van der Waals surface area contributed by atoms with Crippen LogP contribution in [0.2, 0.25) is 0 Å². The first-order valence-corrected chi connectivity index (χ1v) is 8.08. The van der Waals surface area contributed by atoms with E-state index in [1.807, 2.05) is 12.1 Å². The SMILES string of the molecule is CCC(C)N(Cc1cccc(Br)c1)c1ccc(OC)cc1. The molecule has 0 aliphatic carbocycles. The van der Waals surface area contributed by atoms with Gasteiger partial charge in [0.25, 0.3) is 0 Å². The largest absolute Gasteiger partial charge is 0.497 e. The Hall–Kier alpha value is -1.48. The molecule has 0 amide bonds. The van der Waals surface area contributed by atoms with Crippen molar-refractivity contribution in [2.45, 2.75) is 32.9 Å². The highest BCUT2D eigenvalue weighted by molar-refractivity contribution is 9.10. The van der Waals surface area contributed by atoms with Crippen molar-refractivity contribution in [3.8, 4) is 5.75 Å². The highest BCUT2D eigenvalue weighted by atomic mass is 79.9. The number of hydrogen-bond acceptors (Lipinski definition) is 2. The van der Waals surface area contributed by atoms with Gasteiger partial charge in [-0.2, -0.15) is 0 Å². The molecule has 0 aromatic heterocycles. The standard InChI is InChI=1S/C18H22BrNO/c1-4-14(2)20(13-15-6-5-7-16(19)12-15)17-8-10-18(21-3)11-9-17/h5-12,14H,4,13H2,1-3H3. The van der Waals surface area contributed by atoms with Gasteiger partial charge in [-0.05, 0) is 55.3 Å². The van der Waals surface area contributed by atoms with Crippen LogP contribution in [0.5, 0.6) is 5.75 Å². The third-order valence-electron chi connectivity index (χ3n) is 3.77. The lowest BCUT2D eigenvalue weighted by Gasteiger charge is -2.31. The number of nitrogens with zero attached hydrogens (tertiary/aromatic N) is 1. The lowest BCUT2D eigenvalue weighted by molar-refractivity contribution is 0.414. The second-order valence-electron chi connectivity index (χ2n) is 5.21. The van der Waals surface area contributed by atoms with Crippen molar-refractivity contribution in [2.24, 2.45) is 0 Å². The van der Waals surface area contributed by atoms with Gasteiger partial charge < -0.3 is 9.64 Å². The van der Waals surface area contributed by atoms with Crippen LogP contribution in [0.1, 0.15) is 25.8 Å². The Bertz CT molecular complexity index is 568. The summed E-state index contributed by atoms with van der Waals surface area (Å²) >= 11 is 3.55. The van der Waals surface area contributed by atoms with Crippen LogP contribution < -0.4 is 9.64 Å². The van der Waals surface area contributed by atoms with E-state index in [1.54, 1.807) is 7.11 Å². The number of benzene rings is 2. The first kappa shape index (κ1) is 15.9. The van der Waals surface area contributed by atoms with Gasteiger partial charge in [0.1, 0.15) is 5.75 Å². The van der Waals surface area contributed by atoms with E-state index in [0.29, 0.717) is 6.04 Å². The molecule has 2 aromatic carbocycles. The summed E-state index contributed by atoms with van der Waals surface area (Å²) in [6.45, 7) is 5.39. The normalized spacial score (nSPS) is 12.0. The minimum Gasteiger partial charge on any atom is -0.497 e. The number of methoxy groups -OCH3 is 1. The summed E-state index contributed by atoms with van der Waals surface area (Å²) in [5.74, 6) is 0.894. The van der Waals surface area contributed by atoms with Crippen molar-refractivity contribution in [1.82, 2.24) is 0 Å². The van der Waals surface area contributed by atoms with Crippen LogP contribution in [0, 0.1) is 0 Å². The van der Waals surface area contributed by atoms with E-state index >= 15 is 0 Å². The highest BCUT2D eigenvalue weighted by Gasteiger charge is 2.14. The van der Waals surface area contributed by atoms with E-state index in [1.165, 1.54) is 11.3 Å². The molecule has 1 atom stereocenters. The summed E-state index contributed by atoms with van der Waals surface area (Å²) in [6.07, 6.45) is 1.11. The lowest BCUT2D eigenvalue weighted by Crippen LogP contribution is -2.31. The van der Waals surface area contributed by atoms with E-state index in [0.717, 1.165) is 23.2 Å². The van der Waals surface area contributed by atoms with Crippen molar-refractivity contribution in [3.63, 3.8) is 0 Å². The Labute approximate surface area is 135 Å². The molecule has 0 saturated heterocycles. The third-order valence-corrected chi connectivity index (χ3v) is 4.26. The molecule has 1 unspecified atom stereocenters. The second kappa shape index (κ2) is 7.51. The average Bonchev–Trinajstić information content (AvgIpc) is 2.52. The fraction of sp³-hybridized carbons (Fsp3) is 0.333. The van der Waals surface area contributed by atoms with Crippen LogP contribution in [0.25, 0.3) is 0 Å². The molecule has 0 aliphatic rings. The molecule has 112 valence electrons. The Morgan fingerprint density at radius 1 is 1.14 bits per heavy atom. The molecule has 2 rings (SSSR count). The van der Waals surface area contributed by atoms with Crippen LogP contribution in [0.3, 0.4) is 0 Å². The van der Waals surface area contributed by atoms with E-state index in [2.05, 4.69) is 71.1 Å². The molecule has 0 radical (unpaired) electrons. The predicted octanol–water partition coefficient (Wildman–Crippen LogP) is 5.26. The molecule has 0 heterocycles. The van der Waals surface area contributed by atoms with Gasteiger partial charge in [0.15, 0.2) is 0 Å². The van der Waals surface area contributed by atoms with Gasteiger partial charge in [-0.25, -0.2) is 0 Å². The van der Waals surface area contributed by atoms with Gasteiger partial charge in [0, 0.05) is 22.7 Å². The zero-order chi connectivity index (χ0) is 15.2. The maximum absolute atomic E-state index is 5.25. The molecular formula is C18H22BrNO. The summed E-state index contributed by atoms with van der Waals surface area (Å²) < 4.78 is 6.37. The Morgan fingerprint density at radius 3 is 2.43 bits per heavy atom. The molecule has 0 fully saturated rings. The van der Waals surface area contributed by atoms with E-state index in [4.69, 9.17) is 4.74 Å². The molecule has 0 aliphatic heterocycles. The maximum atomic E-state index is 5.25. The molecule has 0 saturated carbocycles. The van der Waals surface area contributed by atoms with E-state index < -0.39 is 0 Å². The molecule has 0 bridgehead atoms. The Balaban J connectivity index is 2.25. The molecule has 0 N–H and O–H groups in total. The van der Waals surface area contributed by atoms with Crippen LogP contribution >= 0.6 is 15.9 Å². The first-order valence-electron chi connectivity index (χ1n) is 7.29. The third kappa shape index (κ3) is 4.24. The fourth-order valence-corrected chi connectivity index (χ4v) is 2.77. The Kier molecular flexibility index (Phi) is 5.68. The predicted molar refractivity (Wildman–Crippen MR) is 93.1 cm³/mol. The van der Waals surface area contributed by atoms with Crippen LogP contribution in [0.15, 0.2) is 53.0 Å². The molecule has 0 spiro atoms. The number of halogens is 1. The van der Waals surface area contributed by atoms with Crippen molar-refractivity contribution in [1.29, 1.82) is 0 Å². The number of hydrogen-bond donors (Lipinski definition) is 0. The van der Waals surface area contributed by atoms with Gasteiger partial charge in [0.05, 0.1) is 7.11 Å². The monoisotopic (exact) mass is 347 g/mol. The smallest absolute Gasteiger partial charge is 0.119 e. The van der Waals surface area contributed by atoms with Gasteiger partial charge in [-0.1, -0.05) is 35.0 Å². The summed E-state index contributed by atoms with van der Waals surface area (Å²) in [6, 6.07) is 17.3. The molecule has 3 heteroatoms. The zero-order valence-corrected chi connectivity index (χ0v) is 14.4. The van der Waals surface area contributed by atoms with Crippen molar-refractivity contribution in [3.05, 3.63) is 58.6 Å². The van der Waals surface area contributed by atoms with Gasteiger partial charge in [0.2, 0.25) is 0 Å². The second-order valence-corrected chi connectivity index (χ2v) is 6.13. The minimum atomic E-state index is 0.484. The number of rotatable bonds is 6. The Morgan fingerprint density at radius 2 is 1.86 bits per heavy atom. The minimum absolute atomic E-state index is 0.484. The van der Waals surface area contributed by atoms with Crippen molar-refractivity contribution in [2.75, 3.05) is 12.0 Å². The van der Waals surface area contributed by atoms with Gasteiger partial charge in [-0.15, -0.1) is 0 Å². The molecule has 21 heavy (non-hydrogen) atoms. The lowest BCUT2D eigenvalue weighted by atomic mass is 10.1. The summed E-state index contributed by atoms with van der Waals surface area (Å²) in [7, 11) is 1.70. The molecule has 2 nitrogen and oxygen atoms in total. The van der Waals surface area contributed by atoms with Crippen LogP contribution in [-0.2, 0) is 6.54 Å². The van der Waals surface area contributed by atoms with Gasteiger partial charge >= 0.3 is 0 Å². The summed E-state index contributed by atoms with van der Waals surface area (Å²) in [5, 5.41) is 0. The summed E-state index contributed by atoms with van der Waals surface area (Å²) in [4.78, 5) is 2.43. The maximum Gasteiger partial charge on any atom is 0.119 e. The van der Waals surface area contributed by atoms with Crippen molar-refractivity contribution >= 4 is 21.6 Å². The highest BCUT2D eigenvalue weighted by Crippen LogP contribution is 2.25. The van der Waals surface area contributed by atoms with Crippen LogP contribution in [0.4, 0.5) is 5.69 Å². The molecule has 2 aromatic rings. The van der Waals surface area contributed by atoms with Crippen molar-refractivity contribution < 1.29 is 4.74 Å². The average molecular weight is 348 g/mol. The number of ether oxygens (including phenoxy) is 1. The molecular weight excluding hydrogens is 326 g/mol. The fourth-order valence-electron chi connectivity index (χ4n) is 2.33. The summed E-state index contributed by atoms with van der Waals surface area (Å²) in [5.41, 5.74) is 2.53. The first-order chi connectivity index (χ1) is 10.1. The van der Waals surface area contributed by atoms with E-state index in [9.17, 15) is 0 Å².